The summed E-state index contributed by atoms with van der Waals surface area (Å²) in [5.74, 6) is 0. The zero-order chi connectivity index (χ0) is 6.41. The summed E-state index contributed by atoms with van der Waals surface area (Å²) in [6, 6.07) is 0. The molecule has 8 heavy (non-hydrogen) atoms. The fourth-order valence-electron chi connectivity index (χ4n) is 0.319. The van der Waals surface area contributed by atoms with Crippen molar-refractivity contribution in [3.8, 4) is 0 Å². The van der Waals surface area contributed by atoms with E-state index in [-0.39, 0.29) is 5.56 Å². The maximum Gasteiger partial charge on any atom is 0.149 e. The van der Waals surface area contributed by atoms with Gasteiger partial charge in [-0.15, -0.1) is 0 Å². The highest BCUT2D eigenvalue weighted by molar-refractivity contribution is 6.20. The molecule has 0 N–H and O–H groups in total. The molecule has 0 aliphatic heterocycles. The van der Waals surface area contributed by atoms with Crippen LogP contribution in [0.2, 0.25) is 0 Å². The Morgan fingerprint density at radius 1 is 1.88 bits per heavy atom. The Bertz CT molecular complexity index is 70.9. The maximum atomic E-state index is 5.53. The van der Waals surface area contributed by atoms with E-state index in [0.29, 0.717) is 6.61 Å². The first-order valence-corrected chi connectivity index (χ1v) is 2.92. The average molecular weight is 134 g/mol. The van der Waals surface area contributed by atoms with Crippen molar-refractivity contribution in [2.75, 3.05) is 6.61 Å². The van der Waals surface area contributed by atoms with Gasteiger partial charge in [0.25, 0.3) is 0 Å². The van der Waals surface area contributed by atoms with Crippen LogP contribution in [-0.2, 0) is 4.74 Å². The lowest BCUT2D eigenvalue weighted by atomic mass is 10.5. The van der Waals surface area contributed by atoms with Crippen LogP contribution in [0.25, 0.3) is 0 Å². The van der Waals surface area contributed by atoms with E-state index in [2.05, 4.69) is 6.92 Å². The van der Waals surface area contributed by atoms with Gasteiger partial charge in [0.05, 0.1) is 0 Å². The van der Waals surface area contributed by atoms with Gasteiger partial charge in [-0.2, -0.15) is 0 Å². The Morgan fingerprint density at radius 2 is 2.50 bits per heavy atom. The molecule has 0 aromatic rings. The van der Waals surface area contributed by atoms with Crippen LogP contribution in [-0.4, -0.2) is 12.2 Å². The molecule has 0 bridgehead atoms. The molecule has 0 aliphatic rings. The monoisotopic (exact) mass is 133 g/mol. The molecule has 1 unspecified atom stereocenters. The lowest BCUT2D eigenvalue weighted by Gasteiger charge is -2.00. The van der Waals surface area contributed by atoms with Gasteiger partial charge in [0.1, 0.15) is 5.56 Å². The second kappa shape index (κ2) is 5.13. The van der Waals surface area contributed by atoms with E-state index < -0.39 is 0 Å². The van der Waals surface area contributed by atoms with Gasteiger partial charge < -0.3 is 4.74 Å². The van der Waals surface area contributed by atoms with Gasteiger partial charge in [0, 0.05) is 6.61 Å². The van der Waals surface area contributed by atoms with Crippen LogP contribution >= 0.6 is 11.6 Å². The van der Waals surface area contributed by atoms with Crippen LogP contribution < -0.4 is 0 Å². The second-order valence-corrected chi connectivity index (χ2v) is 1.68. The number of rotatable bonds is 3. The molecule has 0 rings (SSSR count). The number of hydrogen-bond donors (Lipinski definition) is 0. The number of ether oxygens (including phenoxy) is 1. The van der Waals surface area contributed by atoms with Gasteiger partial charge in [0.15, 0.2) is 0 Å². The van der Waals surface area contributed by atoms with Crippen molar-refractivity contribution >= 4 is 11.6 Å². The molecular weight excluding hydrogens is 124 g/mol. The summed E-state index contributed by atoms with van der Waals surface area (Å²) < 4.78 is 4.85. The van der Waals surface area contributed by atoms with Crippen molar-refractivity contribution in [3.05, 3.63) is 19.1 Å². The molecule has 1 radical (unpaired) electrons. The van der Waals surface area contributed by atoms with E-state index in [1.54, 1.807) is 6.08 Å². The molecule has 1 atom stereocenters. The molecule has 47 valence electrons. The lowest BCUT2D eigenvalue weighted by molar-refractivity contribution is 0.163. The van der Waals surface area contributed by atoms with Crippen LogP contribution in [0.4, 0.5) is 0 Å². The summed E-state index contributed by atoms with van der Waals surface area (Å²) in [5, 5.41) is 0. The molecule has 2 heteroatoms. The topological polar surface area (TPSA) is 9.23 Å². The maximum absolute atomic E-state index is 5.53. The minimum Gasteiger partial charge on any atom is -0.359 e. The summed E-state index contributed by atoms with van der Waals surface area (Å²) in [5.41, 5.74) is -0.308. The zero-order valence-corrected chi connectivity index (χ0v) is 5.69. The highest BCUT2D eigenvalue weighted by Crippen LogP contribution is 1.98. The predicted octanol–water partition coefficient (Wildman–Crippen LogP) is 1.98. The van der Waals surface area contributed by atoms with Crippen LogP contribution in [0.5, 0.6) is 0 Å². The molecule has 0 amide bonds. The third-order valence-corrected chi connectivity index (χ3v) is 0.892. The van der Waals surface area contributed by atoms with Gasteiger partial charge in [-0.05, 0) is 19.9 Å². The number of alkyl halides is 1. The molecule has 0 saturated carbocycles. The standard InChI is InChI=1S/C6H10ClO/c1-3-5-6(7)8-4-2/h3,5-6H,2,4H2,1H3. The molecule has 0 aromatic carbocycles. The SMILES string of the molecule is [CH2]COC(Cl)C=CC. The number of allylic oxidation sites excluding steroid dienone is 1. The third kappa shape index (κ3) is 4.16. The van der Waals surface area contributed by atoms with Crippen molar-refractivity contribution in [2.24, 2.45) is 0 Å². The molecular formula is C6H10ClO. The summed E-state index contributed by atoms with van der Waals surface area (Å²) in [7, 11) is 0. The smallest absolute Gasteiger partial charge is 0.149 e. The molecule has 0 heterocycles. The Kier molecular flexibility index (Phi) is 5.13. The van der Waals surface area contributed by atoms with Crippen molar-refractivity contribution in [1.29, 1.82) is 0 Å². The second-order valence-electron chi connectivity index (χ2n) is 1.25. The summed E-state index contributed by atoms with van der Waals surface area (Å²) in [6.45, 7) is 5.77. The first-order valence-electron chi connectivity index (χ1n) is 2.49. The van der Waals surface area contributed by atoms with Crippen LogP contribution in [0.1, 0.15) is 6.92 Å². The zero-order valence-electron chi connectivity index (χ0n) is 4.93. The van der Waals surface area contributed by atoms with Gasteiger partial charge in [-0.3, -0.25) is 0 Å². The average Bonchev–Trinajstić information content (AvgIpc) is 1.68. The quantitative estimate of drug-likeness (QED) is 0.423. The van der Waals surface area contributed by atoms with E-state index in [1.165, 1.54) is 0 Å². The van der Waals surface area contributed by atoms with Crippen molar-refractivity contribution in [2.45, 2.75) is 12.5 Å². The lowest BCUT2D eigenvalue weighted by Crippen LogP contribution is -1.99. The normalized spacial score (nSPS) is 14.9. The van der Waals surface area contributed by atoms with Gasteiger partial charge >= 0.3 is 0 Å². The fraction of sp³-hybridized carbons (Fsp3) is 0.500. The molecule has 1 nitrogen and oxygen atoms in total. The summed E-state index contributed by atoms with van der Waals surface area (Å²) in [6.07, 6.45) is 3.60. The minimum absolute atomic E-state index is 0.308. The largest absolute Gasteiger partial charge is 0.359 e. The Hall–Kier alpha value is -0.0100. The van der Waals surface area contributed by atoms with Crippen molar-refractivity contribution < 1.29 is 4.74 Å². The van der Waals surface area contributed by atoms with Gasteiger partial charge in [0.2, 0.25) is 0 Å². The van der Waals surface area contributed by atoms with Crippen LogP contribution in [0, 0.1) is 6.92 Å². The highest BCUT2D eigenvalue weighted by Gasteiger charge is 1.92. The van der Waals surface area contributed by atoms with Crippen molar-refractivity contribution in [3.63, 3.8) is 0 Å². The Balaban J connectivity index is 3.17. The summed E-state index contributed by atoms with van der Waals surface area (Å²) in [4.78, 5) is 0. The van der Waals surface area contributed by atoms with E-state index >= 15 is 0 Å². The highest BCUT2D eigenvalue weighted by atomic mass is 35.5. The van der Waals surface area contributed by atoms with E-state index in [0.717, 1.165) is 0 Å². The molecule has 0 aromatic heterocycles. The van der Waals surface area contributed by atoms with E-state index in [1.807, 2.05) is 13.0 Å². The number of hydrogen-bond acceptors (Lipinski definition) is 1. The van der Waals surface area contributed by atoms with Crippen LogP contribution in [0.15, 0.2) is 12.2 Å². The Labute approximate surface area is 55.3 Å². The molecule has 0 saturated heterocycles. The van der Waals surface area contributed by atoms with Crippen LogP contribution in [0.3, 0.4) is 0 Å². The Morgan fingerprint density at radius 3 is 2.88 bits per heavy atom. The fourth-order valence-corrected chi connectivity index (χ4v) is 0.554. The first-order chi connectivity index (χ1) is 3.81. The summed E-state index contributed by atoms with van der Waals surface area (Å²) >= 11 is 5.53. The van der Waals surface area contributed by atoms with Gasteiger partial charge in [-0.1, -0.05) is 17.7 Å². The van der Waals surface area contributed by atoms with E-state index in [9.17, 15) is 0 Å². The number of halogens is 1. The van der Waals surface area contributed by atoms with E-state index in [4.69, 9.17) is 16.3 Å². The predicted molar refractivity (Wildman–Crippen MR) is 35.8 cm³/mol. The first kappa shape index (κ1) is 7.99. The van der Waals surface area contributed by atoms with Crippen molar-refractivity contribution in [1.82, 2.24) is 0 Å². The third-order valence-electron chi connectivity index (χ3n) is 0.621. The minimum atomic E-state index is -0.308. The molecule has 0 spiro atoms. The van der Waals surface area contributed by atoms with Gasteiger partial charge in [-0.25, -0.2) is 0 Å². The molecule has 0 fully saturated rings. The molecule has 0 aliphatic carbocycles.